The summed E-state index contributed by atoms with van der Waals surface area (Å²) in [6.45, 7) is 5.98. The number of hydrogen-bond donors (Lipinski definition) is 1. The lowest BCUT2D eigenvalue weighted by Crippen LogP contribution is -2.46. The molecular formula is C18H22BrN5OS. The molecule has 0 radical (unpaired) electrons. The zero-order chi connectivity index (χ0) is 18.3. The van der Waals surface area contributed by atoms with Crippen molar-refractivity contribution < 1.29 is 5.11 Å². The molecule has 138 valence electrons. The fourth-order valence-corrected chi connectivity index (χ4v) is 4.96. The summed E-state index contributed by atoms with van der Waals surface area (Å²) in [5.41, 5.74) is 1.17. The molecule has 1 saturated heterocycles. The van der Waals surface area contributed by atoms with Crippen LogP contribution in [-0.4, -0.2) is 62.7 Å². The van der Waals surface area contributed by atoms with E-state index >= 15 is 0 Å². The number of benzene rings is 1. The van der Waals surface area contributed by atoms with Crippen molar-refractivity contribution in [1.29, 1.82) is 0 Å². The minimum atomic E-state index is -0.000207. The van der Waals surface area contributed by atoms with Crippen molar-refractivity contribution in [2.45, 2.75) is 19.4 Å². The molecule has 0 aliphatic carbocycles. The van der Waals surface area contributed by atoms with Crippen LogP contribution in [0.2, 0.25) is 0 Å². The number of thiazole rings is 1. The van der Waals surface area contributed by atoms with Crippen LogP contribution in [0, 0.1) is 0 Å². The van der Waals surface area contributed by atoms with Gasteiger partial charge in [-0.25, -0.2) is 4.98 Å². The first-order valence-corrected chi connectivity index (χ1v) is 10.4. The van der Waals surface area contributed by atoms with Gasteiger partial charge in [-0.2, -0.15) is 4.52 Å². The van der Waals surface area contributed by atoms with Gasteiger partial charge in [0.15, 0.2) is 5.82 Å². The van der Waals surface area contributed by atoms with Crippen LogP contribution in [0.15, 0.2) is 28.7 Å². The average Bonchev–Trinajstić information content (AvgIpc) is 3.17. The van der Waals surface area contributed by atoms with Crippen LogP contribution in [0.5, 0.6) is 5.88 Å². The predicted molar refractivity (Wildman–Crippen MR) is 107 cm³/mol. The highest BCUT2D eigenvalue weighted by atomic mass is 79.9. The molecule has 26 heavy (non-hydrogen) atoms. The Hall–Kier alpha value is -1.48. The summed E-state index contributed by atoms with van der Waals surface area (Å²) in [6, 6.07) is 8.34. The van der Waals surface area contributed by atoms with E-state index in [0.29, 0.717) is 0 Å². The van der Waals surface area contributed by atoms with Crippen LogP contribution in [0.25, 0.3) is 4.96 Å². The van der Waals surface area contributed by atoms with E-state index in [1.807, 2.05) is 19.1 Å². The Bertz CT molecular complexity index is 916. The monoisotopic (exact) mass is 435 g/mol. The van der Waals surface area contributed by atoms with Crippen molar-refractivity contribution in [3.05, 3.63) is 45.0 Å². The number of halogens is 1. The van der Waals surface area contributed by atoms with Crippen LogP contribution in [0.3, 0.4) is 0 Å². The van der Waals surface area contributed by atoms with E-state index < -0.39 is 0 Å². The van der Waals surface area contributed by atoms with Gasteiger partial charge in [0.05, 0.1) is 10.9 Å². The number of piperazine rings is 1. The van der Waals surface area contributed by atoms with Crippen molar-refractivity contribution in [3.8, 4) is 5.88 Å². The number of fused-ring (bicyclic) bond motifs is 1. The molecule has 4 rings (SSSR count). The van der Waals surface area contributed by atoms with Crippen LogP contribution in [0.1, 0.15) is 29.2 Å². The largest absolute Gasteiger partial charge is 0.492 e. The Labute approximate surface area is 165 Å². The lowest BCUT2D eigenvalue weighted by atomic mass is 10.0. The molecule has 6 nitrogen and oxygen atoms in total. The number of hydrogen-bond acceptors (Lipinski definition) is 6. The Morgan fingerprint density at radius 1 is 1.27 bits per heavy atom. The Kier molecular flexibility index (Phi) is 5.00. The lowest BCUT2D eigenvalue weighted by molar-refractivity contribution is 0.127. The fourth-order valence-electron chi connectivity index (χ4n) is 3.40. The Morgan fingerprint density at radius 2 is 2.04 bits per heavy atom. The number of aromatic hydroxyl groups is 1. The number of aromatic nitrogens is 3. The third-order valence-corrected chi connectivity index (χ3v) is 6.44. The van der Waals surface area contributed by atoms with E-state index in [-0.39, 0.29) is 11.9 Å². The maximum absolute atomic E-state index is 10.9. The van der Waals surface area contributed by atoms with Gasteiger partial charge in [0.2, 0.25) is 10.8 Å². The highest BCUT2D eigenvalue weighted by molar-refractivity contribution is 9.10. The van der Waals surface area contributed by atoms with Gasteiger partial charge in [-0.1, -0.05) is 46.3 Å². The van der Waals surface area contributed by atoms with Gasteiger partial charge >= 0.3 is 0 Å². The van der Waals surface area contributed by atoms with Crippen molar-refractivity contribution in [2.75, 3.05) is 33.2 Å². The van der Waals surface area contributed by atoms with E-state index in [1.54, 1.807) is 4.52 Å². The first-order valence-electron chi connectivity index (χ1n) is 8.82. The van der Waals surface area contributed by atoms with Crippen LogP contribution in [0.4, 0.5) is 0 Å². The zero-order valence-corrected chi connectivity index (χ0v) is 17.3. The fraction of sp³-hybridized carbons (Fsp3) is 0.444. The molecule has 1 fully saturated rings. The number of aryl methyl sites for hydroxylation is 1. The maximum atomic E-state index is 10.9. The quantitative estimate of drug-likeness (QED) is 0.681. The second-order valence-electron chi connectivity index (χ2n) is 6.66. The minimum Gasteiger partial charge on any atom is -0.492 e. The van der Waals surface area contributed by atoms with Gasteiger partial charge < -0.3 is 10.0 Å². The molecule has 1 unspecified atom stereocenters. The maximum Gasteiger partial charge on any atom is 0.230 e. The SMILES string of the molecule is CCc1nc2sc(C(c3cccc(Br)c3)N3CCN(C)CC3)c(O)n2n1. The molecule has 3 heterocycles. The Balaban J connectivity index is 1.79. The average molecular weight is 436 g/mol. The van der Waals surface area contributed by atoms with Crippen molar-refractivity contribution in [2.24, 2.45) is 0 Å². The van der Waals surface area contributed by atoms with Gasteiger partial charge in [-0.05, 0) is 24.7 Å². The Morgan fingerprint density at radius 3 is 2.69 bits per heavy atom. The summed E-state index contributed by atoms with van der Waals surface area (Å²) in [6.07, 6.45) is 0.761. The molecule has 1 N–H and O–H groups in total. The van der Waals surface area contributed by atoms with E-state index in [9.17, 15) is 5.11 Å². The highest BCUT2D eigenvalue weighted by Gasteiger charge is 2.31. The molecule has 1 aliphatic heterocycles. The van der Waals surface area contributed by atoms with Crippen LogP contribution < -0.4 is 0 Å². The smallest absolute Gasteiger partial charge is 0.230 e. The third kappa shape index (κ3) is 3.26. The minimum absolute atomic E-state index is 0.000207. The number of nitrogens with zero attached hydrogens (tertiary/aromatic N) is 5. The van der Waals surface area contributed by atoms with E-state index in [4.69, 9.17) is 0 Å². The third-order valence-electron chi connectivity index (χ3n) is 4.88. The molecule has 1 atom stereocenters. The molecule has 2 aromatic heterocycles. The van der Waals surface area contributed by atoms with E-state index in [1.165, 1.54) is 16.9 Å². The molecule has 3 aromatic rings. The van der Waals surface area contributed by atoms with Crippen LogP contribution in [-0.2, 0) is 6.42 Å². The summed E-state index contributed by atoms with van der Waals surface area (Å²) in [5, 5.41) is 15.3. The second kappa shape index (κ2) is 7.26. The molecule has 1 aromatic carbocycles. The van der Waals surface area contributed by atoms with Crippen molar-refractivity contribution in [1.82, 2.24) is 24.4 Å². The molecule has 8 heteroatoms. The number of likely N-dealkylation sites (N-methyl/N-ethyl adjacent to an activating group) is 1. The molecule has 0 saturated carbocycles. The van der Waals surface area contributed by atoms with Gasteiger partial charge in [-0.3, -0.25) is 4.90 Å². The molecule has 0 spiro atoms. The molecule has 0 bridgehead atoms. The predicted octanol–water partition coefficient (Wildman–Crippen LogP) is 3.16. The first-order chi connectivity index (χ1) is 12.6. The number of rotatable bonds is 4. The lowest BCUT2D eigenvalue weighted by Gasteiger charge is -2.37. The summed E-state index contributed by atoms with van der Waals surface area (Å²) in [7, 11) is 2.15. The van der Waals surface area contributed by atoms with Crippen molar-refractivity contribution in [3.63, 3.8) is 0 Å². The highest BCUT2D eigenvalue weighted by Crippen LogP contribution is 2.40. The van der Waals surface area contributed by atoms with Gasteiger partial charge in [0.1, 0.15) is 0 Å². The summed E-state index contributed by atoms with van der Waals surface area (Å²) >= 11 is 5.12. The topological polar surface area (TPSA) is 56.9 Å². The molecule has 0 amide bonds. The summed E-state index contributed by atoms with van der Waals surface area (Å²) in [5.74, 6) is 0.970. The molecular weight excluding hydrogens is 414 g/mol. The first kappa shape index (κ1) is 17.9. The summed E-state index contributed by atoms with van der Waals surface area (Å²) < 4.78 is 2.63. The standard InChI is InChI=1S/C18H22BrN5OS/c1-3-14-20-18-24(21-14)17(25)16(26-18)15(12-5-4-6-13(19)11-12)23-9-7-22(2)8-10-23/h4-6,11,15,25H,3,7-10H2,1-2H3. The second-order valence-corrected chi connectivity index (χ2v) is 8.59. The van der Waals surface area contributed by atoms with E-state index in [2.05, 4.69) is 55.0 Å². The van der Waals surface area contributed by atoms with Crippen molar-refractivity contribution >= 4 is 32.2 Å². The summed E-state index contributed by atoms with van der Waals surface area (Å²) in [4.78, 5) is 11.0. The van der Waals surface area contributed by atoms with Gasteiger partial charge in [0.25, 0.3) is 0 Å². The van der Waals surface area contributed by atoms with Crippen LogP contribution >= 0.6 is 27.3 Å². The van der Waals surface area contributed by atoms with Gasteiger partial charge in [-0.15, -0.1) is 5.10 Å². The normalized spacial score (nSPS) is 17.8. The van der Waals surface area contributed by atoms with E-state index in [0.717, 1.165) is 52.7 Å². The van der Waals surface area contributed by atoms with Gasteiger partial charge in [0, 0.05) is 37.1 Å². The zero-order valence-electron chi connectivity index (χ0n) is 14.9. The molecule has 1 aliphatic rings.